The van der Waals surface area contributed by atoms with Gasteiger partial charge < -0.3 is 10.2 Å². The molecule has 7 nitrogen and oxygen atoms in total. The zero-order valence-corrected chi connectivity index (χ0v) is 14.9. The molecule has 0 spiro atoms. The summed E-state index contributed by atoms with van der Waals surface area (Å²) in [6, 6.07) is 7.55. The Bertz CT molecular complexity index is 814. The van der Waals surface area contributed by atoms with Gasteiger partial charge in [-0.3, -0.25) is 0 Å². The van der Waals surface area contributed by atoms with Crippen molar-refractivity contribution in [2.24, 2.45) is 0 Å². The highest BCUT2D eigenvalue weighted by atomic mass is 79.9. The van der Waals surface area contributed by atoms with Crippen LogP contribution in [0.2, 0.25) is 0 Å². The molecule has 1 aromatic carbocycles. The Hall–Kier alpha value is -1.74. The van der Waals surface area contributed by atoms with Gasteiger partial charge >= 0.3 is 0 Å². The van der Waals surface area contributed by atoms with E-state index < -0.39 is 9.84 Å². The minimum absolute atomic E-state index is 0.0759. The van der Waals surface area contributed by atoms with Gasteiger partial charge in [0.2, 0.25) is 5.95 Å². The molecule has 2 aromatic rings. The van der Waals surface area contributed by atoms with Crippen LogP contribution in [-0.2, 0) is 9.84 Å². The normalized spacial score (nSPS) is 19.5. The average molecular weight is 398 g/mol. The van der Waals surface area contributed by atoms with Gasteiger partial charge in [0, 0.05) is 17.6 Å². The number of hydrogen-bond acceptors (Lipinski definition) is 7. The summed E-state index contributed by atoms with van der Waals surface area (Å²) in [6.45, 7) is 0. The van der Waals surface area contributed by atoms with Gasteiger partial charge in [-0.25, -0.2) is 8.42 Å². The van der Waals surface area contributed by atoms with Crippen molar-refractivity contribution in [2.45, 2.75) is 12.5 Å². The number of aromatic nitrogens is 3. The van der Waals surface area contributed by atoms with Crippen LogP contribution in [0.25, 0.3) is 0 Å². The van der Waals surface area contributed by atoms with Crippen molar-refractivity contribution in [3.63, 3.8) is 0 Å². The van der Waals surface area contributed by atoms with Crippen LogP contribution in [0, 0.1) is 0 Å². The standard InChI is InChI=1S/C14H16BrN5O2S/c1-20(10-6-7-23(21,22)9-10)13-8-16-19-14(18-13)17-12-5-3-2-4-11(12)15/h2-5,8,10H,6-7,9H2,1H3,(H,17,18,19). The third-order valence-electron chi connectivity index (χ3n) is 3.78. The second-order valence-corrected chi connectivity index (χ2v) is 8.49. The van der Waals surface area contributed by atoms with Crippen molar-refractivity contribution < 1.29 is 8.42 Å². The van der Waals surface area contributed by atoms with E-state index in [0.29, 0.717) is 18.2 Å². The van der Waals surface area contributed by atoms with Gasteiger partial charge in [0.25, 0.3) is 0 Å². The van der Waals surface area contributed by atoms with E-state index in [2.05, 4.69) is 36.4 Å². The van der Waals surface area contributed by atoms with E-state index in [1.807, 2.05) is 36.2 Å². The SMILES string of the molecule is CN(c1cnnc(Nc2ccccc2Br)n1)C1CCS(=O)(=O)C1. The lowest BCUT2D eigenvalue weighted by Gasteiger charge is -2.24. The fourth-order valence-corrected chi connectivity index (χ4v) is 4.63. The van der Waals surface area contributed by atoms with Crippen molar-refractivity contribution in [3.05, 3.63) is 34.9 Å². The number of anilines is 3. The van der Waals surface area contributed by atoms with Gasteiger partial charge in [-0.15, -0.1) is 5.10 Å². The maximum Gasteiger partial charge on any atom is 0.249 e. The second kappa shape index (κ2) is 6.40. The first kappa shape index (κ1) is 16.1. The smallest absolute Gasteiger partial charge is 0.249 e. The number of benzene rings is 1. The minimum atomic E-state index is -2.94. The van der Waals surface area contributed by atoms with Crippen LogP contribution in [0.4, 0.5) is 17.5 Å². The summed E-state index contributed by atoms with van der Waals surface area (Å²) in [5, 5.41) is 11.0. The number of sulfone groups is 1. The largest absolute Gasteiger partial charge is 0.354 e. The molecule has 2 heterocycles. The van der Waals surface area contributed by atoms with Crippen LogP contribution in [0.5, 0.6) is 0 Å². The van der Waals surface area contributed by atoms with Crippen LogP contribution in [0.3, 0.4) is 0 Å². The molecule has 0 amide bonds. The fraction of sp³-hybridized carbons (Fsp3) is 0.357. The Morgan fingerprint density at radius 3 is 2.83 bits per heavy atom. The summed E-state index contributed by atoms with van der Waals surface area (Å²) in [4.78, 5) is 6.28. The van der Waals surface area contributed by atoms with E-state index in [9.17, 15) is 8.42 Å². The lowest BCUT2D eigenvalue weighted by Crippen LogP contribution is -2.33. The first-order chi connectivity index (χ1) is 10.9. The molecule has 1 unspecified atom stereocenters. The molecule has 0 bridgehead atoms. The number of nitrogens with one attached hydrogen (secondary N) is 1. The molecule has 0 radical (unpaired) electrons. The van der Waals surface area contributed by atoms with Crippen molar-refractivity contribution in [1.82, 2.24) is 15.2 Å². The Labute approximate surface area is 143 Å². The zero-order valence-electron chi connectivity index (χ0n) is 12.5. The molecule has 1 aliphatic heterocycles. The predicted octanol–water partition coefficient (Wildman–Crippen LogP) is 2.00. The third kappa shape index (κ3) is 3.78. The molecule has 1 aliphatic rings. The number of halogens is 1. The van der Waals surface area contributed by atoms with Gasteiger partial charge in [0.05, 0.1) is 23.4 Å². The van der Waals surface area contributed by atoms with Crippen LogP contribution >= 0.6 is 15.9 Å². The Morgan fingerprint density at radius 1 is 1.35 bits per heavy atom. The zero-order chi connectivity index (χ0) is 16.4. The monoisotopic (exact) mass is 397 g/mol. The highest BCUT2D eigenvalue weighted by Crippen LogP contribution is 2.25. The van der Waals surface area contributed by atoms with Crippen molar-refractivity contribution in [1.29, 1.82) is 0 Å². The molecule has 23 heavy (non-hydrogen) atoms. The van der Waals surface area contributed by atoms with Gasteiger partial charge in [-0.1, -0.05) is 12.1 Å². The maximum absolute atomic E-state index is 11.6. The highest BCUT2D eigenvalue weighted by Gasteiger charge is 2.31. The molecule has 0 saturated carbocycles. The summed E-state index contributed by atoms with van der Waals surface area (Å²) >= 11 is 3.45. The van der Waals surface area contributed by atoms with Gasteiger partial charge in [0.1, 0.15) is 0 Å². The van der Waals surface area contributed by atoms with Crippen LogP contribution in [0.1, 0.15) is 6.42 Å². The highest BCUT2D eigenvalue weighted by molar-refractivity contribution is 9.10. The molecular weight excluding hydrogens is 382 g/mol. The van der Waals surface area contributed by atoms with Crippen LogP contribution in [0.15, 0.2) is 34.9 Å². The first-order valence-electron chi connectivity index (χ1n) is 7.09. The number of rotatable bonds is 4. The van der Waals surface area contributed by atoms with Crippen LogP contribution < -0.4 is 10.2 Å². The average Bonchev–Trinajstić information content (AvgIpc) is 2.89. The van der Waals surface area contributed by atoms with E-state index in [0.717, 1.165) is 10.2 Å². The summed E-state index contributed by atoms with van der Waals surface area (Å²) in [5.74, 6) is 1.34. The van der Waals surface area contributed by atoms with Crippen molar-refractivity contribution in [3.8, 4) is 0 Å². The Balaban J connectivity index is 1.79. The van der Waals surface area contributed by atoms with E-state index >= 15 is 0 Å². The molecular formula is C14H16BrN5O2S. The van der Waals surface area contributed by atoms with Gasteiger partial charge in [-0.05, 0) is 34.5 Å². The molecule has 3 rings (SSSR count). The van der Waals surface area contributed by atoms with Gasteiger partial charge in [-0.2, -0.15) is 10.1 Å². The molecule has 1 saturated heterocycles. The first-order valence-corrected chi connectivity index (χ1v) is 9.70. The second-order valence-electron chi connectivity index (χ2n) is 5.41. The number of nitrogens with zero attached hydrogens (tertiary/aromatic N) is 4. The Kier molecular flexibility index (Phi) is 4.49. The van der Waals surface area contributed by atoms with E-state index in [1.54, 1.807) is 0 Å². The lowest BCUT2D eigenvalue weighted by molar-refractivity contribution is 0.600. The Morgan fingerprint density at radius 2 is 2.13 bits per heavy atom. The molecule has 122 valence electrons. The molecule has 1 N–H and O–H groups in total. The van der Waals surface area contributed by atoms with Gasteiger partial charge in [0.15, 0.2) is 15.7 Å². The molecule has 9 heteroatoms. The summed E-state index contributed by atoms with van der Waals surface area (Å²) < 4.78 is 24.2. The summed E-state index contributed by atoms with van der Waals surface area (Å²) in [5.41, 5.74) is 0.831. The number of hydrogen-bond donors (Lipinski definition) is 1. The molecule has 1 aromatic heterocycles. The topological polar surface area (TPSA) is 88.1 Å². The predicted molar refractivity (Wildman–Crippen MR) is 92.7 cm³/mol. The summed E-state index contributed by atoms with van der Waals surface area (Å²) in [7, 11) is -1.11. The fourth-order valence-electron chi connectivity index (χ4n) is 2.47. The molecule has 0 aliphatic carbocycles. The molecule has 1 atom stereocenters. The van der Waals surface area contributed by atoms with Crippen molar-refractivity contribution >= 4 is 43.2 Å². The number of para-hydroxylation sites is 1. The quantitative estimate of drug-likeness (QED) is 0.843. The maximum atomic E-state index is 11.6. The van der Waals surface area contributed by atoms with Crippen molar-refractivity contribution in [2.75, 3.05) is 28.8 Å². The van der Waals surface area contributed by atoms with E-state index in [4.69, 9.17) is 0 Å². The third-order valence-corrected chi connectivity index (χ3v) is 6.23. The summed E-state index contributed by atoms with van der Waals surface area (Å²) in [6.07, 6.45) is 2.14. The van der Waals surface area contributed by atoms with E-state index in [1.165, 1.54) is 6.20 Å². The van der Waals surface area contributed by atoms with Crippen LogP contribution in [-0.4, -0.2) is 48.2 Å². The lowest BCUT2D eigenvalue weighted by atomic mass is 10.2. The molecule has 1 fully saturated rings. The minimum Gasteiger partial charge on any atom is -0.354 e. The van der Waals surface area contributed by atoms with E-state index in [-0.39, 0.29) is 17.5 Å².